The predicted molar refractivity (Wildman–Crippen MR) is 151 cm³/mol. The summed E-state index contributed by atoms with van der Waals surface area (Å²) < 4.78 is 14.1. The number of nitrogens with zero attached hydrogens (tertiary/aromatic N) is 6. The SMILES string of the molecule is COCCn1cc(Nc2nccn3c(C#Cc4cc(NC(=O)c5cc(C(C)(C)C)on5)ccc4C)cnc23)cn1. The highest BCUT2D eigenvalue weighted by Crippen LogP contribution is 2.24. The number of imidazole rings is 1. The van der Waals surface area contributed by atoms with E-state index in [1.165, 1.54) is 0 Å². The standard InChI is InChI=1S/C29H30N8O3/c1-19-6-8-21(34-28(38)24-15-25(40-35-24)29(2,3)4)14-20(19)7-9-23-17-31-27-26(30-10-11-37(23)27)33-22-16-32-36(18-22)12-13-39-5/h6,8,10-11,14-18H,12-13H2,1-5H3,(H,30,33)(H,34,38). The molecule has 2 N–H and O–H groups in total. The number of carbonyl (C=O) groups is 1. The average Bonchev–Trinajstić information content (AvgIpc) is 3.68. The van der Waals surface area contributed by atoms with Crippen molar-refractivity contribution in [2.24, 2.45) is 0 Å². The van der Waals surface area contributed by atoms with Crippen molar-refractivity contribution in [1.82, 2.24) is 29.3 Å². The van der Waals surface area contributed by atoms with Gasteiger partial charge in [-0.25, -0.2) is 9.97 Å². The lowest BCUT2D eigenvalue weighted by atomic mass is 9.93. The van der Waals surface area contributed by atoms with Crippen LogP contribution >= 0.6 is 0 Å². The Kier molecular flexibility index (Phi) is 7.35. The summed E-state index contributed by atoms with van der Waals surface area (Å²) in [6, 6.07) is 7.25. The highest BCUT2D eigenvalue weighted by Gasteiger charge is 2.22. The molecule has 0 fully saturated rings. The Morgan fingerprint density at radius 1 is 1.12 bits per heavy atom. The number of ether oxygens (including phenoxy) is 1. The van der Waals surface area contributed by atoms with Crippen molar-refractivity contribution in [2.75, 3.05) is 24.4 Å². The van der Waals surface area contributed by atoms with Crippen LogP contribution in [0.25, 0.3) is 5.65 Å². The van der Waals surface area contributed by atoms with Crippen molar-refractivity contribution in [3.8, 4) is 11.8 Å². The van der Waals surface area contributed by atoms with E-state index in [1.807, 2.05) is 62.7 Å². The fourth-order valence-electron chi connectivity index (χ4n) is 3.87. The molecule has 0 radical (unpaired) electrons. The number of carbonyl (C=O) groups excluding carboxylic acids is 1. The van der Waals surface area contributed by atoms with E-state index in [0.29, 0.717) is 41.8 Å². The summed E-state index contributed by atoms with van der Waals surface area (Å²) in [5, 5.41) is 14.4. The van der Waals surface area contributed by atoms with Crippen LogP contribution in [0.1, 0.15) is 53.8 Å². The molecule has 0 atom stereocenters. The Hall–Kier alpha value is -4.95. The quantitative estimate of drug-likeness (QED) is 0.289. The first-order chi connectivity index (χ1) is 19.2. The van der Waals surface area contributed by atoms with Gasteiger partial charge in [0.05, 0.1) is 31.2 Å². The van der Waals surface area contributed by atoms with E-state index in [9.17, 15) is 4.79 Å². The molecule has 204 valence electrons. The molecule has 0 bridgehead atoms. The van der Waals surface area contributed by atoms with E-state index in [1.54, 1.807) is 36.4 Å². The van der Waals surface area contributed by atoms with E-state index in [-0.39, 0.29) is 17.0 Å². The van der Waals surface area contributed by atoms with Crippen LogP contribution in [0.3, 0.4) is 0 Å². The molecule has 0 aliphatic rings. The number of hydrogen-bond donors (Lipinski definition) is 2. The summed E-state index contributed by atoms with van der Waals surface area (Å²) in [4.78, 5) is 21.7. The van der Waals surface area contributed by atoms with Crippen LogP contribution in [0.2, 0.25) is 0 Å². The molecule has 4 heterocycles. The van der Waals surface area contributed by atoms with Crippen LogP contribution in [0.5, 0.6) is 0 Å². The van der Waals surface area contributed by atoms with Crippen molar-refractivity contribution in [1.29, 1.82) is 0 Å². The minimum atomic E-state index is -0.347. The fourth-order valence-corrected chi connectivity index (χ4v) is 3.87. The number of rotatable bonds is 7. The zero-order chi connectivity index (χ0) is 28.3. The number of aryl methyl sites for hydroxylation is 1. The van der Waals surface area contributed by atoms with Gasteiger partial charge < -0.3 is 19.9 Å². The Labute approximate surface area is 231 Å². The molecular formula is C29H30N8O3. The summed E-state index contributed by atoms with van der Waals surface area (Å²) >= 11 is 0. The van der Waals surface area contributed by atoms with Crippen molar-refractivity contribution in [3.05, 3.63) is 83.5 Å². The minimum Gasteiger partial charge on any atom is -0.383 e. The van der Waals surface area contributed by atoms with Crippen LogP contribution in [-0.4, -0.2) is 48.9 Å². The largest absolute Gasteiger partial charge is 0.383 e. The lowest BCUT2D eigenvalue weighted by Gasteiger charge is -2.12. The van der Waals surface area contributed by atoms with Crippen molar-refractivity contribution in [3.63, 3.8) is 0 Å². The number of methoxy groups -OCH3 is 1. The number of fused-ring (bicyclic) bond motifs is 1. The summed E-state index contributed by atoms with van der Waals surface area (Å²) in [6.45, 7) is 9.19. The summed E-state index contributed by atoms with van der Waals surface area (Å²) in [6.07, 6.45) is 8.82. The number of aromatic nitrogens is 6. The highest BCUT2D eigenvalue weighted by molar-refractivity contribution is 6.03. The molecule has 5 aromatic rings. The molecule has 1 aromatic carbocycles. The molecule has 4 aromatic heterocycles. The Morgan fingerprint density at radius 3 is 2.75 bits per heavy atom. The Balaban J connectivity index is 1.34. The van der Waals surface area contributed by atoms with E-state index in [0.717, 1.165) is 16.8 Å². The average molecular weight is 539 g/mol. The van der Waals surface area contributed by atoms with E-state index < -0.39 is 0 Å². The van der Waals surface area contributed by atoms with Crippen molar-refractivity contribution < 1.29 is 14.1 Å². The van der Waals surface area contributed by atoms with Crippen molar-refractivity contribution >= 4 is 28.7 Å². The van der Waals surface area contributed by atoms with Crippen LogP contribution in [0.15, 0.2) is 59.8 Å². The number of hydrogen-bond acceptors (Lipinski definition) is 8. The van der Waals surface area contributed by atoms with E-state index in [2.05, 4.69) is 42.7 Å². The summed E-state index contributed by atoms with van der Waals surface area (Å²) in [7, 11) is 1.66. The third-order valence-corrected chi connectivity index (χ3v) is 6.15. The van der Waals surface area contributed by atoms with Gasteiger partial charge in [-0.1, -0.05) is 37.9 Å². The normalized spacial score (nSPS) is 11.3. The summed E-state index contributed by atoms with van der Waals surface area (Å²) in [5.41, 5.74) is 4.48. The smallest absolute Gasteiger partial charge is 0.277 e. The van der Waals surface area contributed by atoms with Gasteiger partial charge in [-0.3, -0.25) is 13.9 Å². The van der Waals surface area contributed by atoms with Gasteiger partial charge >= 0.3 is 0 Å². The molecule has 0 unspecified atom stereocenters. The van der Waals surface area contributed by atoms with Crippen LogP contribution in [-0.2, 0) is 16.7 Å². The van der Waals surface area contributed by atoms with E-state index >= 15 is 0 Å². The van der Waals surface area contributed by atoms with Crippen molar-refractivity contribution in [2.45, 2.75) is 39.7 Å². The van der Waals surface area contributed by atoms with Gasteiger partial charge in [-0.05, 0) is 30.5 Å². The van der Waals surface area contributed by atoms with Gasteiger partial charge in [0.25, 0.3) is 5.91 Å². The van der Waals surface area contributed by atoms with Gasteiger partial charge in [0, 0.05) is 48.4 Å². The van der Waals surface area contributed by atoms with Gasteiger partial charge in [0.2, 0.25) is 0 Å². The molecular weight excluding hydrogens is 508 g/mol. The molecule has 0 spiro atoms. The minimum absolute atomic E-state index is 0.226. The molecule has 40 heavy (non-hydrogen) atoms. The maximum absolute atomic E-state index is 12.7. The second kappa shape index (κ2) is 11.0. The Bertz CT molecular complexity index is 1730. The third kappa shape index (κ3) is 5.87. The molecule has 11 nitrogen and oxygen atoms in total. The van der Waals surface area contributed by atoms with Gasteiger partial charge in [0.1, 0.15) is 11.5 Å². The zero-order valence-corrected chi connectivity index (χ0v) is 23.0. The summed E-state index contributed by atoms with van der Waals surface area (Å²) in [5.74, 6) is 7.30. The molecule has 0 saturated carbocycles. The lowest BCUT2D eigenvalue weighted by Crippen LogP contribution is -2.13. The second-order valence-electron chi connectivity index (χ2n) is 10.3. The highest BCUT2D eigenvalue weighted by atomic mass is 16.5. The second-order valence-corrected chi connectivity index (χ2v) is 10.3. The van der Waals surface area contributed by atoms with Gasteiger partial charge in [0.15, 0.2) is 17.2 Å². The maximum Gasteiger partial charge on any atom is 0.277 e. The Morgan fingerprint density at radius 2 is 1.98 bits per heavy atom. The number of amides is 1. The topological polar surface area (TPSA) is 124 Å². The van der Waals surface area contributed by atoms with Crippen LogP contribution in [0.4, 0.5) is 17.2 Å². The monoisotopic (exact) mass is 538 g/mol. The number of benzene rings is 1. The predicted octanol–water partition coefficient (Wildman–Crippen LogP) is 4.56. The first-order valence-corrected chi connectivity index (χ1v) is 12.7. The molecule has 0 aliphatic carbocycles. The maximum atomic E-state index is 12.7. The zero-order valence-electron chi connectivity index (χ0n) is 23.0. The fraction of sp³-hybridized carbons (Fsp3) is 0.276. The van der Waals surface area contributed by atoms with Gasteiger partial charge in [-0.2, -0.15) is 5.10 Å². The third-order valence-electron chi connectivity index (χ3n) is 6.15. The molecule has 5 rings (SSSR count). The molecule has 1 amide bonds. The van der Waals surface area contributed by atoms with Gasteiger partial charge in [-0.15, -0.1) is 0 Å². The molecule has 11 heteroatoms. The lowest BCUT2D eigenvalue weighted by molar-refractivity contribution is 0.101. The first kappa shape index (κ1) is 26.6. The number of nitrogens with one attached hydrogen (secondary N) is 2. The van der Waals surface area contributed by atoms with E-state index in [4.69, 9.17) is 9.26 Å². The molecule has 0 aliphatic heterocycles. The van der Waals surface area contributed by atoms with Crippen LogP contribution in [0, 0.1) is 18.8 Å². The first-order valence-electron chi connectivity index (χ1n) is 12.7. The number of anilines is 3. The van der Waals surface area contributed by atoms with Crippen LogP contribution < -0.4 is 10.6 Å². The molecule has 0 saturated heterocycles.